The van der Waals surface area contributed by atoms with Gasteiger partial charge in [0.2, 0.25) is 0 Å². The summed E-state index contributed by atoms with van der Waals surface area (Å²) < 4.78 is 6.49. The Bertz CT molecular complexity index is 1510. The van der Waals surface area contributed by atoms with Gasteiger partial charge in [-0.05, 0) is 70.2 Å². The van der Waals surface area contributed by atoms with Crippen LogP contribution >= 0.6 is 0 Å². The van der Waals surface area contributed by atoms with Gasteiger partial charge >= 0.3 is 0 Å². The lowest BCUT2D eigenvalue weighted by atomic mass is 9.91. The van der Waals surface area contributed by atoms with Crippen molar-refractivity contribution in [3.63, 3.8) is 0 Å². The lowest BCUT2D eigenvalue weighted by Gasteiger charge is -2.19. The third-order valence-corrected chi connectivity index (χ3v) is 7.84. The molecule has 0 spiro atoms. The minimum absolute atomic E-state index is 0.562. The first-order valence-corrected chi connectivity index (χ1v) is 13.9. The maximum absolute atomic E-state index is 6.49. The van der Waals surface area contributed by atoms with E-state index in [1.165, 1.54) is 69.7 Å². The van der Waals surface area contributed by atoms with Crippen molar-refractivity contribution < 1.29 is 4.74 Å². The van der Waals surface area contributed by atoms with E-state index < -0.39 is 0 Å². The second-order valence-corrected chi connectivity index (χ2v) is 10.4. The monoisotopic (exact) mass is 500 g/mol. The van der Waals surface area contributed by atoms with E-state index in [-0.39, 0.29) is 0 Å². The molecule has 1 heterocycles. The fourth-order valence-corrected chi connectivity index (χ4v) is 5.77. The summed E-state index contributed by atoms with van der Waals surface area (Å²) in [5.41, 5.74) is 5.19. The number of rotatable bonds is 10. The fraction of sp³-hybridized carbons (Fsp3) is 0.257. The fourth-order valence-electron chi connectivity index (χ4n) is 5.77. The molecule has 0 aliphatic carbocycles. The number of hydrogen-bond donors (Lipinski definition) is 1. The van der Waals surface area contributed by atoms with Gasteiger partial charge in [0.1, 0.15) is 12.4 Å². The summed E-state index contributed by atoms with van der Waals surface area (Å²) in [7, 11) is 0. The maximum Gasteiger partial charge on any atom is 0.123 e. The number of nitrogens with one attached hydrogen (secondary N) is 1. The predicted molar refractivity (Wildman–Crippen MR) is 159 cm³/mol. The SMILES string of the molecule is c1ccc(COc2ccc3ccccc3c2Cc2c(CNCCN3CCCC3)ccc3ccccc23)cc1. The van der Waals surface area contributed by atoms with E-state index in [9.17, 15) is 0 Å². The zero-order valence-corrected chi connectivity index (χ0v) is 22.0. The first kappa shape index (κ1) is 24.7. The van der Waals surface area contributed by atoms with Crippen molar-refractivity contribution >= 4 is 21.5 Å². The largest absolute Gasteiger partial charge is 0.489 e. The minimum atomic E-state index is 0.562. The van der Waals surface area contributed by atoms with Crippen molar-refractivity contribution in [1.82, 2.24) is 10.2 Å². The van der Waals surface area contributed by atoms with Crippen LogP contribution in [0.25, 0.3) is 21.5 Å². The lowest BCUT2D eigenvalue weighted by Crippen LogP contribution is -2.29. The van der Waals surface area contributed by atoms with E-state index in [0.717, 1.165) is 31.8 Å². The predicted octanol–water partition coefficient (Wildman–Crippen LogP) is 7.35. The molecule has 1 aliphatic heterocycles. The molecule has 6 rings (SSSR count). The molecule has 0 amide bonds. The van der Waals surface area contributed by atoms with E-state index >= 15 is 0 Å². The minimum Gasteiger partial charge on any atom is -0.489 e. The van der Waals surface area contributed by atoms with Crippen molar-refractivity contribution in [3.05, 3.63) is 125 Å². The van der Waals surface area contributed by atoms with Crippen LogP contribution in [0, 0.1) is 0 Å². The molecule has 0 bridgehead atoms. The molecule has 5 aromatic carbocycles. The van der Waals surface area contributed by atoms with Crippen molar-refractivity contribution in [2.45, 2.75) is 32.4 Å². The number of benzene rings is 5. The normalized spacial score (nSPS) is 13.9. The molecule has 3 nitrogen and oxygen atoms in total. The van der Waals surface area contributed by atoms with Crippen molar-refractivity contribution in [1.29, 1.82) is 0 Å². The van der Waals surface area contributed by atoms with E-state index in [1.807, 2.05) is 6.07 Å². The second kappa shape index (κ2) is 11.8. The molecule has 5 aromatic rings. The van der Waals surface area contributed by atoms with Crippen LogP contribution in [0.1, 0.15) is 35.1 Å². The Morgan fingerprint density at radius 3 is 2.08 bits per heavy atom. The summed E-state index contributed by atoms with van der Waals surface area (Å²) in [5.74, 6) is 0.966. The smallest absolute Gasteiger partial charge is 0.123 e. The summed E-state index contributed by atoms with van der Waals surface area (Å²) in [6.07, 6.45) is 3.51. The zero-order valence-electron chi connectivity index (χ0n) is 22.0. The first-order chi connectivity index (χ1) is 18.8. The van der Waals surface area contributed by atoms with Gasteiger partial charge in [-0.2, -0.15) is 0 Å². The third-order valence-electron chi connectivity index (χ3n) is 7.84. The van der Waals surface area contributed by atoms with Crippen molar-refractivity contribution in [3.8, 4) is 5.75 Å². The maximum atomic E-state index is 6.49. The van der Waals surface area contributed by atoms with E-state index in [0.29, 0.717) is 6.61 Å². The number of nitrogens with zero attached hydrogens (tertiary/aromatic N) is 1. The van der Waals surface area contributed by atoms with E-state index in [2.05, 4.69) is 107 Å². The molecule has 38 heavy (non-hydrogen) atoms. The quantitative estimate of drug-likeness (QED) is 0.203. The van der Waals surface area contributed by atoms with E-state index in [4.69, 9.17) is 4.74 Å². The van der Waals surface area contributed by atoms with Crippen LogP contribution in [0.4, 0.5) is 0 Å². The molecule has 0 unspecified atom stereocenters. The summed E-state index contributed by atoms with van der Waals surface area (Å²) in [5, 5.41) is 8.87. The van der Waals surface area contributed by atoms with Gasteiger partial charge < -0.3 is 15.0 Å². The highest BCUT2D eigenvalue weighted by molar-refractivity contribution is 5.91. The highest BCUT2D eigenvalue weighted by Gasteiger charge is 2.16. The third kappa shape index (κ3) is 5.60. The summed E-state index contributed by atoms with van der Waals surface area (Å²) in [6, 6.07) is 36.8. The zero-order chi connectivity index (χ0) is 25.6. The Balaban J connectivity index is 1.33. The Morgan fingerprint density at radius 2 is 1.32 bits per heavy atom. The lowest BCUT2D eigenvalue weighted by molar-refractivity contribution is 0.304. The Kier molecular flexibility index (Phi) is 7.66. The number of ether oxygens (including phenoxy) is 1. The molecule has 0 saturated carbocycles. The molecule has 1 N–H and O–H groups in total. The summed E-state index contributed by atoms with van der Waals surface area (Å²) in [6.45, 7) is 6.08. The molecule has 0 atom stereocenters. The summed E-state index contributed by atoms with van der Waals surface area (Å²) >= 11 is 0. The van der Waals surface area contributed by atoms with Crippen LogP contribution < -0.4 is 10.1 Å². The molecule has 192 valence electrons. The molecule has 1 aliphatic rings. The Labute approximate surface area is 226 Å². The number of hydrogen-bond acceptors (Lipinski definition) is 3. The van der Waals surface area contributed by atoms with Crippen LogP contribution in [-0.4, -0.2) is 31.1 Å². The van der Waals surface area contributed by atoms with Gasteiger partial charge in [-0.1, -0.05) is 97.1 Å². The number of fused-ring (bicyclic) bond motifs is 2. The Hall–Kier alpha value is -3.66. The van der Waals surface area contributed by atoms with Crippen LogP contribution in [0.5, 0.6) is 5.75 Å². The van der Waals surface area contributed by atoms with Gasteiger partial charge in [0.15, 0.2) is 0 Å². The molecule has 0 aromatic heterocycles. The average molecular weight is 501 g/mol. The summed E-state index contributed by atoms with van der Waals surface area (Å²) in [4.78, 5) is 2.57. The second-order valence-electron chi connectivity index (χ2n) is 10.4. The van der Waals surface area contributed by atoms with Crippen LogP contribution in [0.2, 0.25) is 0 Å². The highest BCUT2D eigenvalue weighted by Crippen LogP contribution is 2.34. The Morgan fingerprint density at radius 1 is 0.658 bits per heavy atom. The molecular formula is C35H36N2O. The van der Waals surface area contributed by atoms with Gasteiger partial charge in [0.25, 0.3) is 0 Å². The van der Waals surface area contributed by atoms with E-state index in [1.54, 1.807) is 0 Å². The van der Waals surface area contributed by atoms with Crippen molar-refractivity contribution in [2.24, 2.45) is 0 Å². The van der Waals surface area contributed by atoms with Gasteiger partial charge in [0.05, 0.1) is 0 Å². The van der Waals surface area contributed by atoms with Crippen LogP contribution in [0.15, 0.2) is 103 Å². The van der Waals surface area contributed by atoms with Gasteiger partial charge in [-0.25, -0.2) is 0 Å². The molecular weight excluding hydrogens is 464 g/mol. The highest BCUT2D eigenvalue weighted by atomic mass is 16.5. The number of likely N-dealkylation sites (tertiary alicyclic amines) is 1. The topological polar surface area (TPSA) is 24.5 Å². The molecule has 1 fully saturated rings. The van der Waals surface area contributed by atoms with Crippen LogP contribution in [-0.2, 0) is 19.6 Å². The first-order valence-electron chi connectivity index (χ1n) is 13.9. The van der Waals surface area contributed by atoms with Gasteiger partial charge in [0, 0.05) is 31.6 Å². The average Bonchev–Trinajstić information content (AvgIpc) is 3.50. The molecule has 1 saturated heterocycles. The van der Waals surface area contributed by atoms with Crippen molar-refractivity contribution in [2.75, 3.05) is 26.2 Å². The van der Waals surface area contributed by atoms with Gasteiger partial charge in [-0.15, -0.1) is 0 Å². The molecule has 3 heteroatoms. The molecule has 0 radical (unpaired) electrons. The standard InChI is InChI=1S/C35H36N2O/c1-2-10-27(11-3-1)26-38-35-19-18-29-13-5-7-15-32(29)34(35)24-33-30(17-16-28-12-4-6-14-31(28)33)25-36-20-23-37-21-8-9-22-37/h1-7,10-19,36H,8-9,20-26H2. The van der Waals surface area contributed by atoms with Crippen LogP contribution in [0.3, 0.4) is 0 Å². The van der Waals surface area contributed by atoms with Gasteiger partial charge in [-0.3, -0.25) is 0 Å².